The Kier molecular flexibility index (Phi) is 2.91. The van der Waals surface area contributed by atoms with E-state index in [-0.39, 0.29) is 11.9 Å². The van der Waals surface area contributed by atoms with Gasteiger partial charge in [0.15, 0.2) is 0 Å². The molecule has 1 aliphatic rings. The smallest absolute Gasteiger partial charge is 0.146 e. The fourth-order valence-corrected chi connectivity index (χ4v) is 1.70. The summed E-state index contributed by atoms with van der Waals surface area (Å²) in [5, 5.41) is 3.85. The van der Waals surface area contributed by atoms with Crippen LogP contribution in [0.15, 0.2) is 23.4 Å². The molecular formula is C11H11ClFNO. The molecule has 0 saturated carbocycles. The molecule has 15 heavy (non-hydrogen) atoms. The van der Waals surface area contributed by atoms with Crippen LogP contribution in [-0.4, -0.2) is 17.7 Å². The molecule has 0 aliphatic carbocycles. The van der Waals surface area contributed by atoms with Gasteiger partial charge in [-0.3, -0.25) is 0 Å². The highest BCUT2D eigenvalue weighted by Gasteiger charge is 2.23. The Labute approximate surface area is 92.7 Å². The molecule has 0 amide bonds. The fourth-order valence-electron chi connectivity index (χ4n) is 1.53. The Morgan fingerprint density at radius 1 is 1.60 bits per heavy atom. The summed E-state index contributed by atoms with van der Waals surface area (Å²) in [5.41, 5.74) is 2.16. The van der Waals surface area contributed by atoms with Gasteiger partial charge in [-0.25, -0.2) is 4.39 Å². The molecule has 0 saturated heterocycles. The van der Waals surface area contributed by atoms with E-state index < -0.39 is 0 Å². The molecule has 4 heteroatoms. The molecule has 1 heterocycles. The van der Waals surface area contributed by atoms with Crippen molar-refractivity contribution in [3.63, 3.8) is 0 Å². The van der Waals surface area contributed by atoms with Crippen LogP contribution in [0.4, 0.5) is 4.39 Å². The summed E-state index contributed by atoms with van der Waals surface area (Å²) in [7, 11) is 0. The number of hydrogen-bond donors (Lipinski definition) is 0. The number of oxime groups is 1. The highest BCUT2D eigenvalue weighted by Crippen LogP contribution is 2.20. The lowest BCUT2D eigenvalue weighted by Gasteiger charge is -2.03. The van der Waals surface area contributed by atoms with Gasteiger partial charge in [0, 0.05) is 12.0 Å². The zero-order chi connectivity index (χ0) is 10.8. The molecule has 1 unspecified atom stereocenters. The van der Waals surface area contributed by atoms with E-state index in [0.29, 0.717) is 23.6 Å². The zero-order valence-electron chi connectivity index (χ0n) is 8.34. The van der Waals surface area contributed by atoms with Gasteiger partial charge >= 0.3 is 0 Å². The van der Waals surface area contributed by atoms with Crippen LogP contribution in [0.3, 0.4) is 0 Å². The Hall–Kier alpha value is -1.09. The van der Waals surface area contributed by atoms with Crippen molar-refractivity contribution in [1.29, 1.82) is 0 Å². The Bertz CT molecular complexity index is 406. The van der Waals surface area contributed by atoms with Crippen LogP contribution >= 0.6 is 11.6 Å². The largest absolute Gasteiger partial charge is 0.391 e. The minimum Gasteiger partial charge on any atom is -0.391 e. The number of benzene rings is 1. The van der Waals surface area contributed by atoms with Crippen LogP contribution in [0.25, 0.3) is 0 Å². The summed E-state index contributed by atoms with van der Waals surface area (Å²) in [6.07, 6.45) is 0.450. The molecule has 1 aliphatic heterocycles. The second kappa shape index (κ2) is 4.19. The molecule has 1 aromatic carbocycles. The SMILES string of the molecule is Cc1ccc(F)c(C2=NOC(CCl)C2)c1. The van der Waals surface area contributed by atoms with E-state index >= 15 is 0 Å². The minimum atomic E-state index is -0.266. The molecule has 0 aromatic heterocycles. The van der Waals surface area contributed by atoms with Gasteiger partial charge in [-0.15, -0.1) is 11.6 Å². The van der Waals surface area contributed by atoms with E-state index in [1.807, 2.05) is 6.92 Å². The first-order valence-electron chi connectivity index (χ1n) is 4.76. The highest BCUT2D eigenvalue weighted by atomic mass is 35.5. The van der Waals surface area contributed by atoms with Gasteiger partial charge in [0.05, 0.1) is 11.6 Å². The maximum Gasteiger partial charge on any atom is 0.146 e. The maximum atomic E-state index is 13.5. The molecule has 1 aromatic rings. The van der Waals surface area contributed by atoms with Crippen molar-refractivity contribution < 1.29 is 9.23 Å². The number of halogens is 2. The van der Waals surface area contributed by atoms with Gasteiger partial charge in [0.25, 0.3) is 0 Å². The van der Waals surface area contributed by atoms with Crippen LogP contribution in [0, 0.1) is 12.7 Å². The van der Waals surface area contributed by atoms with Crippen molar-refractivity contribution in [1.82, 2.24) is 0 Å². The monoisotopic (exact) mass is 227 g/mol. The van der Waals surface area contributed by atoms with Gasteiger partial charge in [0.1, 0.15) is 11.9 Å². The van der Waals surface area contributed by atoms with Crippen molar-refractivity contribution in [2.24, 2.45) is 5.16 Å². The molecule has 2 nitrogen and oxygen atoms in total. The normalized spacial score (nSPS) is 19.9. The quantitative estimate of drug-likeness (QED) is 0.712. The van der Waals surface area contributed by atoms with E-state index in [0.717, 1.165) is 5.56 Å². The van der Waals surface area contributed by atoms with Crippen molar-refractivity contribution >= 4 is 17.3 Å². The summed E-state index contributed by atoms with van der Waals surface area (Å²) < 4.78 is 13.5. The summed E-state index contributed by atoms with van der Waals surface area (Å²) in [4.78, 5) is 5.05. The predicted octanol–water partition coefficient (Wildman–Crippen LogP) is 2.87. The average molecular weight is 228 g/mol. The molecule has 0 spiro atoms. The Morgan fingerprint density at radius 2 is 2.40 bits per heavy atom. The molecule has 1 atom stereocenters. The highest BCUT2D eigenvalue weighted by molar-refractivity contribution is 6.18. The van der Waals surface area contributed by atoms with Crippen LogP contribution in [0.2, 0.25) is 0 Å². The van der Waals surface area contributed by atoms with Gasteiger partial charge in [-0.2, -0.15) is 0 Å². The molecule has 0 fully saturated rings. The summed E-state index contributed by atoms with van der Waals surface area (Å²) in [6, 6.07) is 4.95. The summed E-state index contributed by atoms with van der Waals surface area (Å²) in [6.45, 7) is 1.92. The first kappa shape index (κ1) is 10.4. The standard InChI is InChI=1S/C11H11ClFNO/c1-7-2-3-10(13)9(4-7)11-5-8(6-12)15-14-11/h2-4,8H,5-6H2,1H3. The first-order valence-corrected chi connectivity index (χ1v) is 5.29. The fraction of sp³-hybridized carbons (Fsp3) is 0.364. The topological polar surface area (TPSA) is 21.6 Å². The Balaban J connectivity index is 2.27. The maximum absolute atomic E-state index is 13.5. The molecule has 80 valence electrons. The number of rotatable bonds is 2. The summed E-state index contributed by atoms with van der Waals surface area (Å²) in [5.74, 6) is 0.110. The van der Waals surface area contributed by atoms with Crippen molar-refractivity contribution in [3.05, 3.63) is 35.1 Å². The van der Waals surface area contributed by atoms with Crippen LogP contribution in [0.5, 0.6) is 0 Å². The molecule has 0 bridgehead atoms. The van der Waals surface area contributed by atoms with E-state index in [2.05, 4.69) is 5.16 Å². The number of nitrogens with zero attached hydrogens (tertiary/aromatic N) is 1. The van der Waals surface area contributed by atoms with E-state index in [1.165, 1.54) is 6.07 Å². The zero-order valence-corrected chi connectivity index (χ0v) is 9.09. The van der Waals surface area contributed by atoms with Crippen LogP contribution < -0.4 is 0 Å². The van der Waals surface area contributed by atoms with Gasteiger partial charge < -0.3 is 4.84 Å². The average Bonchev–Trinajstić information content (AvgIpc) is 2.70. The third-order valence-electron chi connectivity index (χ3n) is 2.34. The van der Waals surface area contributed by atoms with Gasteiger partial charge in [0.2, 0.25) is 0 Å². The third kappa shape index (κ3) is 2.12. The molecule has 2 rings (SSSR count). The van der Waals surface area contributed by atoms with Crippen molar-refractivity contribution in [2.45, 2.75) is 19.4 Å². The van der Waals surface area contributed by atoms with E-state index in [1.54, 1.807) is 12.1 Å². The number of aryl methyl sites for hydroxylation is 1. The second-order valence-electron chi connectivity index (χ2n) is 3.61. The molecule has 0 N–H and O–H groups in total. The Morgan fingerprint density at radius 3 is 3.07 bits per heavy atom. The number of alkyl halides is 1. The summed E-state index contributed by atoms with van der Waals surface area (Å²) >= 11 is 5.64. The van der Waals surface area contributed by atoms with Crippen molar-refractivity contribution in [3.8, 4) is 0 Å². The first-order chi connectivity index (χ1) is 7.20. The van der Waals surface area contributed by atoms with E-state index in [9.17, 15) is 4.39 Å². The minimum absolute atomic E-state index is 0.124. The van der Waals surface area contributed by atoms with Gasteiger partial charge in [-0.05, 0) is 19.1 Å². The van der Waals surface area contributed by atoms with E-state index in [4.69, 9.17) is 16.4 Å². The number of hydrogen-bond acceptors (Lipinski definition) is 2. The lowest BCUT2D eigenvalue weighted by Crippen LogP contribution is -2.10. The van der Waals surface area contributed by atoms with Crippen molar-refractivity contribution in [2.75, 3.05) is 5.88 Å². The molecular weight excluding hydrogens is 217 g/mol. The molecule has 0 radical (unpaired) electrons. The second-order valence-corrected chi connectivity index (χ2v) is 3.92. The lowest BCUT2D eigenvalue weighted by atomic mass is 10.0. The van der Waals surface area contributed by atoms with Gasteiger partial charge in [-0.1, -0.05) is 16.8 Å². The van der Waals surface area contributed by atoms with Crippen LogP contribution in [-0.2, 0) is 4.84 Å². The van der Waals surface area contributed by atoms with Crippen LogP contribution in [0.1, 0.15) is 17.5 Å². The predicted molar refractivity (Wildman–Crippen MR) is 57.9 cm³/mol. The third-order valence-corrected chi connectivity index (χ3v) is 2.68. The lowest BCUT2D eigenvalue weighted by molar-refractivity contribution is 0.102.